The summed E-state index contributed by atoms with van der Waals surface area (Å²) in [5, 5.41) is 13.9. The molecule has 1 unspecified atom stereocenters. The Hall–Kier alpha value is -1.42. The molecule has 0 aliphatic rings. The zero-order chi connectivity index (χ0) is 10.6. The Morgan fingerprint density at radius 3 is 2.71 bits per heavy atom. The average Bonchev–Trinajstić information content (AvgIpc) is 2.18. The molecule has 14 heavy (non-hydrogen) atoms. The van der Waals surface area contributed by atoms with Crippen LogP contribution in [0.2, 0.25) is 0 Å². The van der Waals surface area contributed by atoms with E-state index in [-0.39, 0.29) is 16.7 Å². The van der Waals surface area contributed by atoms with Gasteiger partial charge in [0.1, 0.15) is 0 Å². The van der Waals surface area contributed by atoms with E-state index < -0.39 is 0 Å². The second kappa shape index (κ2) is 4.72. The highest BCUT2D eigenvalue weighted by Gasteiger charge is 2.16. The minimum absolute atomic E-state index is 0.0154. The second-order valence-electron chi connectivity index (χ2n) is 3.10. The van der Waals surface area contributed by atoms with E-state index in [0.717, 1.165) is 12.1 Å². The van der Waals surface area contributed by atoms with Crippen LogP contribution in [0.4, 0.5) is 5.69 Å². The molecule has 0 radical (unpaired) electrons. The fourth-order valence-electron chi connectivity index (χ4n) is 1.44. The molecule has 0 bridgehead atoms. The zero-order valence-electron chi connectivity index (χ0n) is 8.36. The Morgan fingerprint density at radius 2 is 2.14 bits per heavy atom. The van der Waals surface area contributed by atoms with Crippen LogP contribution in [0.1, 0.15) is 25.5 Å². The average molecular weight is 194 g/mol. The molecule has 0 fully saturated rings. The molecule has 0 saturated carbocycles. The van der Waals surface area contributed by atoms with Crippen molar-refractivity contribution in [1.29, 1.82) is 0 Å². The lowest BCUT2D eigenvalue weighted by atomic mass is 10.1. The topological polar surface area (TPSA) is 55.2 Å². The fourth-order valence-corrected chi connectivity index (χ4v) is 1.44. The Morgan fingerprint density at radius 1 is 1.50 bits per heavy atom. The molecular weight excluding hydrogens is 180 g/mol. The minimum Gasteiger partial charge on any atom is -0.310 e. The van der Waals surface area contributed by atoms with Crippen molar-refractivity contribution in [2.75, 3.05) is 6.54 Å². The maximum atomic E-state index is 10.7. The zero-order valence-corrected chi connectivity index (χ0v) is 8.36. The van der Waals surface area contributed by atoms with Gasteiger partial charge >= 0.3 is 0 Å². The molecule has 76 valence electrons. The number of benzene rings is 1. The van der Waals surface area contributed by atoms with Gasteiger partial charge in [-0.1, -0.05) is 25.1 Å². The third-order valence-corrected chi connectivity index (χ3v) is 2.11. The molecule has 1 N–H and O–H groups in total. The molecule has 0 spiro atoms. The first-order valence-corrected chi connectivity index (χ1v) is 4.63. The highest BCUT2D eigenvalue weighted by Crippen LogP contribution is 2.23. The molecule has 1 rings (SSSR count). The molecule has 4 nitrogen and oxygen atoms in total. The van der Waals surface area contributed by atoms with Crippen LogP contribution in [0.15, 0.2) is 24.3 Å². The number of hydrogen-bond acceptors (Lipinski definition) is 3. The lowest BCUT2D eigenvalue weighted by Gasteiger charge is -2.12. The van der Waals surface area contributed by atoms with Crippen molar-refractivity contribution in [1.82, 2.24) is 5.32 Å². The summed E-state index contributed by atoms with van der Waals surface area (Å²) in [7, 11) is 0. The number of nitro groups is 1. The second-order valence-corrected chi connectivity index (χ2v) is 3.10. The quantitative estimate of drug-likeness (QED) is 0.590. The highest BCUT2D eigenvalue weighted by molar-refractivity contribution is 5.41. The summed E-state index contributed by atoms with van der Waals surface area (Å²) < 4.78 is 0. The third kappa shape index (κ3) is 2.29. The molecule has 1 aromatic rings. The fraction of sp³-hybridized carbons (Fsp3) is 0.400. The maximum absolute atomic E-state index is 10.7. The molecule has 1 atom stereocenters. The molecule has 0 saturated heterocycles. The monoisotopic (exact) mass is 194 g/mol. The SMILES string of the molecule is CCNC(C)c1ccccc1[N+](=O)[O-]. The number of rotatable bonds is 4. The van der Waals surface area contributed by atoms with Crippen molar-refractivity contribution in [3.63, 3.8) is 0 Å². The van der Waals surface area contributed by atoms with Gasteiger partial charge in [-0.3, -0.25) is 10.1 Å². The molecule has 0 heterocycles. The Balaban J connectivity index is 3.00. The molecule has 1 aromatic carbocycles. The van der Waals surface area contributed by atoms with Crippen molar-refractivity contribution >= 4 is 5.69 Å². The molecule has 4 heteroatoms. The van der Waals surface area contributed by atoms with E-state index in [1.807, 2.05) is 19.9 Å². The Labute approximate surface area is 83.1 Å². The van der Waals surface area contributed by atoms with Crippen LogP contribution in [0.5, 0.6) is 0 Å². The van der Waals surface area contributed by atoms with Gasteiger partial charge in [0.05, 0.1) is 4.92 Å². The predicted octanol–water partition coefficient (Wildman–Crippen LogP) is 2.27. The van der Waals surface area contributed by atoms with Crippen LogP contribution in [-0.2, 0) is 0 Å². The Kier molecular flexibility index (Phi) is 3.59. The number of nitro benzene ring substituents is 1. The summed E-state index contributed by atoms with van der Waals surface area (Å²) in [6.45, 7) is 4.70. The first-order chi connectivity index (χ1) is 6.66. The largest absolute Gasteiger partial charge is 0.310 e. The van der Waals surface area contributed by atoms with Crippen LogP contribution in [0.25, 0.3) is 0 Å². The van der Waals surface area contributed by atoms with Crippen LogP contribution in [-0.4, -0.2) is 11.5 Å². The van der Waals surface area contributed by atoms with Gasteiger partial charge in [0.15, 0.2) is 0 Å². The first kappa shape index (κ1) is 10.7. The highest BCUT2D eigenvalue weighted by atomic mass is 16.6. The predicted molar refractivity (Wildman–Crippen MR) is 55.2 cm³/mol. The first-order valence-electron chi connectivity index (χ1n) is 4.63. The normalized spacial score (nSPS) is 12.4. The Bertz CT molecular complexity index is 326. The van der Waals surface area contributed by atoms with Crippen LogP contribution in [0, 0.1) is 10.1 Å². The van der Waals surface area contributed by atoms with E-state index in [1.54, 1.807) is 12.1 Å². The molecule has 0 amide bonds. The minimum atomic E-state index is -0.344. The van der Waals surface area contributed by atoms with Crippen LogP contribution < -0.4 is 5.32 Å². The maximum Gasteiger partial charge on any atom is 0.274 e. The number of para-hydroxylation sites is 1. The van der Waals surface area contributed by atoms with Crippen molar-refractivity contribution in [3.8, 4) is 0 Å². The van der Waals surface area contributed by atoms with Gasteiger partial charge < -0.3 is 5.32 Å². The molecule has 0 aliphatic carbocycles. The van der Waals surface area contributed by atoms with E-state index in [4.69, 9.17) is 0 Å². The van der Waals surface area contributed by atoms with Crippen molar-refractivity contribution in [2.45, 2.75) is 19.9 Å². The molecule has 0 aromatic heterocycles. The van der Waals surface area contributed by atoms with E-state index in [9.17, 15) is 10.1 Å². The summed E-state index contributed by atoms with van der Waals surface area (Å²) in [4.78, 5) is 10.4. The smallest absolute Gasteiger partial charge is 0.274 e. The van der Waals surface area contributed by atoms with Crippen molar-refractivity contribution in [3.05, 3.63) is 39.9 Å². The summed E-state index contributed by atoms with van der Waals surface area (Å²) in [6, 6.07) is 6.83. The summed E-state index contributed by atoms with van der Waals surface area (Å²) in [6.07, 6.45) is 0. The van der Waals surface area contributed by atoms with Crippen LogP contribution in [0.3, 0.4) is 0 Å². The van der Waals surface area contributed by atoms with E-state index in [2.05, 4.69) is 5.32 Å². The number of hydrogen-bond donors (Lipinski definition) is 1. The van der Waals surface area contributed by atoms with Crippen LogP contribution >= 0.6 is 0 Å². The van der Waals surface area contributed by atoms with Crippen molar-refractivity contribution < 1.29 is 4.92 Å². The van der Waals surface area contributed by atoms with E-state index >= 15 is 0 Å². The molecule has 0 aliphatic heterocycles. The van der Waals surface area contributed by atoms with Gasteiger partial charge in [0.25, 0.3) is 5.69 Å². The van der Waals surface area contributed by atoms with E-state index in [1.165, 1.54) is 6.07 Å². The number of nitrogens with zero attached hydrogens (tertiary/aromatic N) is 1. The lowest BCUT2D eigenvalue weighted by Crippen LogP contribution is -2.18. The van der Waals surface area contributed by atoms with Gasteiger partial charge in [-0.2, -0.15) is 0 Å². The summed E-state index contributed by atoms with van der Waals surface area (Å²) in [5.41, 5.74) is 0.917. The van der Waals surface area contributed by atoms with Crippen molar-refractivity contribution in [2.24, 2.45) is 0 Å². The van der Waals surface area contributed by atoms with Gasteiger partial charge in [0.2, 0.25) is 0 Å². The van der Waals surface area contributed by atoms with Gasteiger partial charge in [0, 0.05) is 17.7 Å². The standard InChI is InChI=1S/C10H14N2O2/c1-3-11-8(2)9-6-4-5-7-10(9)12(13)14/h4-8,11H,3H2,1-2H3. The van der Waals surface area contributed by atoms with Gasteiger partial charge in [-0.05, 0) is 13.5 Å². The third-order valence-electron chi connectivity index (χ3n) is 2.11. The summed E-state index contributed by atoms with van der Waals surface area (Å²) >= 11 is 0. The van der Waals surface area contributed by atoms with Gasteiger partial charge in [-0.25, -0.2) is 0 Å². The summed E-state index contributed by atoms with van der Waals surface area (Å²) in [5.74, 6) is 0. The molecular formula is C10H14N2O2. The van der Waals surface area contributed by atoms with E-state index in [0.29, 0.717) is 0 Å². The number of nitrogens with one attached hydrogen (secondary N) is 1. The van der Waals surface area contributed by atoms with Gasteiger partial charge in [-0.15, -0.1) is 0 Å². The lowest BCUT2D eigenvalue weighted by molar-refractivity contribution is -0.385.